The van der Waals surface area contributed by atoms with Crippen molar-refractivity contribution >= 4 is 12.1 Å². The highest BCUT2D eigenvalue weighted by Crippen LogP contribution is 2.34. The van der Waals surface area contributed by atoms with E-state index in [2.05, 4.69) is 15.4 Å². The van der Waals surface area contributed by atoms with Crippen LogP contribution in [0, 0.1) is 5.41 Å². The third-order valence-electron chi connectivity index (χ3n) is 4.98. The molecule has 2 fully saturated rings. The van der Waals surface area contributed by atoms with Gasteiger partial charge in [-0.2, -0.15) is 13.2 Å². The van der Waals surface area contributed by atoms with E-state index in [1.165, 1.54) is 29.4 Å². The predicted molar refractivity (Wildman–Crippen MR) is 92.5 cm³/mol. The molecular weight excluding hydrogens is 378 g/mol. The van der Waals surface area contributed by atoms with Crippen molar-refractivity contribution in [2.24, 2.45) is 5.41 Å². The van der Waals surface area contributed by atoms with Crippen molar-refractivity contribution in [1.29, 1.82) is 0 Å². The minimum Gasteiger partial charge on any atom is -0.338 e. The van der Waals surface area contributed by atoms with E-state index in [-0.39, 0.29) is 28.3 Å². The van der Waals surface area contributed by atoms with Gasteiger partial charge in [-0.25, -0.2) is 14.1 Å². The number of hydrogen-bond acceptors (Lipinski definition) is 4. The predicted octanol–water partition coefficient (Wildman–Crippen LogP) is 2.34. The van der Waals surface area contributed by atoms with Gasteiger partial charge in [-0.1, -0.05) is 0 Å². The van der Waals surface area contributed by atoms with Crippen molar-refractivity contribution in [3.05, 3.63) is 41.7 Å². The van der Waals surface area contributed by atoms with Gasteiger partial charge in [0.1, 0.15) is 13.0 Å². The Morgan fingerprint density at radius 3 is 2.61 bits per heavy atom. The minimum absolute atomic E-state index is 0.0151. The van der Waals surface area contributed by atoms with E-state index in [1.807, 2.05) is 0 Å². The molecule has 0 atom stereocenters. The molecule has 1 aromatic carbocycles. The van der Waals surface area contributed by atoms with Crippen molar-refractivity contribution in [1.82, 2.24) is 25.0 Å². The second-order valence-electron chi connectivity index (χ2n) is 7.21. The van der Waals surface area contributed by atoms with Gasteiger partial charge in [-0.05, 0) is 23.8 Å². The van der Waals surface area contributed by atoms with E-state index in [0.29, 0.717) is 13.1 Å². The summed E-state index contributed by atoms with van der Waals surface area (Å²) in [6.07, 6.45) is -0.579. The highest BCUT2D eigenvalue weighted by Gasteiger charge is 2.48. The summed E-state index contributed by atoms with van der Waals surface area (Å²) in [5.74, 6) is -0.144. The summed E-state index contributed by atoms with van der Waals surface area (Å²) in [7, 11) is 0. The normalized spacial score (nSPS) is 18.4. The molecule has 2 aromatic rings. The molecule has 6 nitrogen and oxygen atoms in total. The smallest absolute Gasteiger partial charge is 0.338 e. The first-order valence-corrected chi connectivity index (χ1v) is 8.65. The molecule has 2 saturated heterocycles. The summed E-state index contributed by atoms with van der Waals surface area (Å²) in [5.41, 5.74) is -0.786. The largest absolute Gasteiger partial charge is 0.416 e. The quantitative estimate of drug-likeness (QED) is 0.638. The van der Waals surface area contributed by atoms with Crippen molar-refractivity contribution in [3.8, 4) is 11.4 Å². The van der Waals surface area contributed by atoms with Crippen LogP contribution < -0.4 is 5.32 Å². The number of nitrogens with zero attached hydrogens (tertiary/aromatic N) is 4. The molecule has 0 radical (unpaired) electrons. The third-order valence-corrected chi connectivity index (χ3v) is 4.98. The van der Waals surface area contributed by atoms with Crippen LogP contribution in [-0.2, 0) is 17.6 Å². The lowest BCUT2D eigenvalue weighted by Gasteiger charge is -2.55. The van der Waals surface area contributed by atoms with Crippen LogP contribution >= 0.6 is 0 Å². The van der Waals surface area contributed by atoms with Crippen molar-refractivity contribution in [2.75, 3.05) is 26.2 Å². The Morgan fingerprint density at radius 1 is 1.25 bits per heavy atom. The molecule has 4 rings (SSSR count). The molecule has 2 aliphatic rings. The highest BCUT2D eigenvalue weighted by molar-refractivity contribution is 5.90. The van der Waals surface area contributed by atoms with Gasteiger partial charge < -0.3 is 10.2 Å². The number of aromatic nitrogens is 3. The fourth-order valence-electron chi connectivity index (χ4n) is 3.41. The van der Waals surface area contributed by atoms with Gasteiger partial charge >= 0.3 is 6.18 Å². The van der Waals surface area contributed by atoms with Crippen LogP contribution in [0.1, 0.15) is 11.1 Å². The Kier molecular flexibility index (Phi) is 4.45. The Balaban J connectivity index is 1.47. The summed E-state index contributed by atoms with van der Waals surface area (Å²) < 4.78 is 53.1. The maximum absolute atomic E-state index is 13.0. The molecule has 0 saturated carbocycles. The lowest BCUT2D eigenvalue weighted by Crippen LogP contribution is -2.71. The molecule has 1 N–H and O–H groups in total. The number of carbonyl (C=O) groups is 1. The number of carbonyl (C=O) groups excluding carboxylic acids is 1. The zero-order valence-electron chi connectivity index (χ0n) is 14.7. The first-order valence-electron chi connectivity index (χ1n) is 8.65. The fraction of sp³-hybridized carbons (Fsp3) is 0.389. The van der Waals surface area contributed by atoms with Crippen LogP contribution in [0.4, 0.5) is 17.6 Å². The average molecular weight is 395 g/mol. The molecule has 1 amide bonds. The van der Waals surface area contributed by atoms with Crippen LogP contribution in [-0.4, -0.2) is 51.8 Å². The van der Waals surface area contributed by atoms with Crippen molar-refractivity contribution in [2.45, 2.75) is 12.9 Å². The number of amides is 1. The zero-order chi connectivity index (χ0) is 19.9. The van der Waals surface area contributed by atoms with Crippen LogP contribution in [0.3, 0.4) is 0 Å². The summed E-state index contributed by atoms with van der Waals surface area (Å²) in [6.45, 7) is 2.23. The maximum atomic E-state index is 13.0. The first-order chi connectivity index (χ1) is 13.3. The Hall–Kier alpha value is -2.75. The van der Waals surface area contributed by atoms with E-state index in [4.69, 9.17) is 0 Å². The number of benzene rings is 1. The first kappa shape index (κ1) is 18.6. The Morgan fingerprint density at radius 2 is 2.00 bits per heavy atom. The van der Waals surface area contributed by atoms with E-state index >= 15 is 0 Å². The molecule has 10 heteroatoms. The molecule has 1 spiro atoms. The monoisotopic (exact) mass is 395 g/mol. The van der Waals surface area contributed by atoms with Gasteiger partial charge in [-0.3, -0.25) is 4.79 Å². The minimum atomic E-state index is -4.60. The second-order valence-corrected chi connectivity index (χ2v) is 7.21. The third kappa shape index (κ3) is 3.51. The summed E-state index contributed by atoms with van der Waals surface area (Å²) >= 11 is 0. The lowest BCUT2D eigenvalue weighted by atomic mass is 9.74. The van der Waals surface area contributed by atoms with Gasteiger partial charge in [0.2, 0.25) is 5.91 Å². The van der Waals surface area contributed by atoms with Gasteiger partial charge in [0.15, 0.2) is 5.82 Å². The number of nitrogens with one attached hydrogen (secondary N) is 1. The molecule has 0 bridgehead atoms. The summed E-state index contributed by atoms with van der Waals surface area (Å²) in [5, 5.41) is 7.25. The van der Waals surface area contributed by atoms with E-state index in [1.54, 1.807) is 4.90 Å². The Bertz CT molecular complexity index is 924. The van der Waals surface area contributed by atoms with Gasteiger partial charge in [-0.15, -0.1) is 5.10 Å². The average Bonchev–Trinajstić information content (AvgIpc) is 3.05. The van der Waals surface area contributed by atoms with Crippen LogP contribution in [0.5, 0.6) is 0 Å². The van der Waals surface area contributed by atoms with E-state index in [0.717, 1.165) is 25.2 Å². The van der Waals surface area contributed by atoms with Gasteiger partial charge in [0.25, 0.3) is 0 Å². The number of alkyl halides is 4. The molecule has 3 heterocycles. The standard InChI is InChI=1S/C18H17F4N5O/c19-6-12-3-13(5-14(4-12)18(20,21)22)16-24-11-27(25-16)2-1-15(28)26-9-17(10-26)7-23-8-17/h1-5,11,23H,6-10H2/b2-1-. The fourth-order valence-corrected chi connectivity index (χ4v) is 3.41. The second kappa shape index (κ2) is 6.69. The Labute approximate surface area is 157 Å². The van der Waals surface area contributed by atoms with Crippen LogP contribution in [0.2, 0.25) is 0 Å². The SMILES string of the molecule is O=C(/C=C\n1cnc(-c2cc(CF)cc(C(F)(F)F)c2)n1)N1CC2(CNC2)C1. The number of hydrogen-bond donors (Lipinski definition) is 1. The molecular formula is C18H17F4N5O. The van der Waals surface area contributed by atoms with Gasteiger partial charge in [0, 0.05) is 49.4 Å². The highest BCUT2D eigenvalue weighted by atomic mass is 19.4. The molecule has 0 aliphatic carbocycles. The van der Waals surface area contributed by atoms with Crippen molar-refractivity contribution < 1.29 is 22.4 Å². The summed E-state index contributed by atoms with van der Waals surface area (Å²) in [6, 6.07) is 2.91. The maximum Gasteiger partial charge on any atom is 0.416 e. The zero-order valence-corrected chi connectivity index (χ0v) is 14.7. The van der Waals surface area contributed by atoms with E-state index < -0.39 is 18.4 Å². The summed E-state index contributed by atoms with van der Waals surface area (Å²) in [4.78, 5) is 17.8. The number of likely N-dealkylation sites (tertiary alicyclic amines) is 1. The number of rotatable bonds is 4. The molecule has 2 aliphatic heterocycles. The molecule has 148 valence electrons. The topological polar surface area (TPSA) is 63.1 Å². The van der Waals surface area contributed by atoms with E-state index in [9.17, 15) is 22.4 Å². The van der Waals surface area contributed by atoms with Crippen LogP contribution in [0.25, 0.3) is 17.6 Å². The number of halogens is 4. The molecule has 0 unspecified atom stereocenters. The molecule has 1 aromatic heterocycles. The van der Waals surface area contributed by atoms with Gasteiger partial charge in [0.05, 0.1) is 5.56 Å². The van der Waals surface area contributed by atoms with Crippen LogP contribution in [0.15, 0.2) is 30.6 Å². The molecule has 28 heavy (non-hydrogen) atoms. The van der Waals surface area contributed by atoms with Crippen molar-refractivity contribution in [3.63, 3.8) is 0 Å². The lowest BCUT2D eigenvalue weighted by molar-refractivity contribution is -0.141.